The van der Waals surface area contributed by atoms with Gasteiger partial charge in [-0.1, -0.05) is 12.1 Å². The number of hydrogen-bond acceptors (Lipinski definition) is 4. The first kappa shape index (κ1) is 18.0. The van der Waals surface area contributed by atoms with Gasteiger partial charge in [-0.15, -0.1) is 0 Å². The smallest absolute Gasteiger partial charge is 0.251 e. The number of nitrogens with one attached hydrogen (secondary N) is 1. The molecule has 0 bridgehead atoms. The molecule has 3 saturated heterocycles. The quantitative estimate of drug-likeness (QED) is 0.835. The number of carbonyl (C=O) groups is 3. The second-order valence-corrected chi connectivity index (χ2v) is 7.48. The zero-order valence-corrected chi connectivity index (χ0v) is 15.4. The molecule has 7 heteroatoms. The van der Waals surface area contributed by atoms with Crippen LogP contribution in [0.4, 0.5) is 0 Å². The van der Waals surface area contributed by atoms with Gasteiger partial charge in [0.15, 0.2) is 0 Å². The summed E-state index contributed by atoms with van der Waals surface area (Å²) in [6, 6.07) is 6.94. The molecule has 3 amide bonds. The normalized spacial score (nSPS) is 25.0. The summed E-state index contributed by atoms with van der Waals surface area (Å²) in [5, 5.41) is 2.90. The molecular formula is C20H25N3O4. The monoisotopic (exact) mass is 371 g/mol. The van der Waals surface area contributed by atoms with Gasteiger partial charge in [0.25, 0.3) is 5.91 Å². The van der Waals surface area contributed by atoms with Crippen molar-refractivity contribution in [3.05, 3.63) is 35.4 Å². The van der Waals surface area contributed by atoms with Gasteiger partial charge in [0.2, 0.25) is 11.8 Å². The van der Waals surface area contributed by atoms with E-state index in [9.17, 15) is 14.4 Å². The number of hydrogen-bond donors (Lipinski definition) is 1. The molecule has 1 aromatic rings. The van der Waals surface area contributed by atoms with Crippen LogP contribution in [0.15, 0.2) is 24.3 Å². The van der Waals surface area contributed by atoms with E-state index >= 15 is 0 Å². The Kier molecular flexibility index (Phi) is 5.11. The fourth-order valence-electron chi connectivity index (χ4n) is 4.09. The van der Waals surface area contributed by atoms with Crippen LogP contribution in [0, 0.1) is 0 Å². The van der Waals surface area contributed by atoms with Gasteiger partial charge in [-0.25, -0.2) is 0 Å². The molecule has 3 fully saturated rings. The molecule has 3 aliphatic rings. The summed E-state index contributed by atoms with van der Waals surface area (Å²) in [6.45, 7) is 2.53. The number of amides is 3. The maximum Gasteiger partial charge on any atom is 0.251 e. The molecule has 2 atom stereocenters. The predicted octanol–water partition coefficient (Wildman–Crippen LogP) is 0.929. The highest BCUT2D eigenvalue weighted by molar-refractivity contribution is 5.95. The summed E-state index contributed by atoms with van der Waals surface area (Å²) in [6.07, 6.45) is 3.80. The van der Waals surface area contributed by atoms with E-state index in [-0.39, 0.29) is 36.4 Å². The molecule has 1 aromatic carbocycles. The van der Waals surface area contributed by atoms with Crippen molar-refractivity contribution in [2.45, 2.75) is 44.4 Å². The maximum atomic E-state index is 12.6. The van der Waals surface area contributed by atoms with Crippen molar-refractivity contribution in [1.29, 1.82) is 0 Å². The Hall–Kier alpha value is -2.41. The summed E-state index contributed by atoms with van der Waals surface area (Å²) in [7, 11) is 0. The van der Waals surface area contributed by atoms with E-state index < -0.39 is 0 Å². The molecule has 1 N–H and O–H groups in total. The van der Waals surface area contributed by atoms with Crippen LogP contribution in [0.25, 0.3) is 0 Å². The minimum Gasteiger partial charge on any atom is -0.376 e. The molecule has 0 spiro atoms. The topological polar surface area (TPSA) is 79.0 Å². The zero-order valence-electron chi connectivity index (χ0n) is 15.4. The van der Waals surface area contributed by atoms with Gasteiger partial charge >= 0.3 is 0 Å². The van der Waals surface area contributed by atoms with Crippen molar-refractivity contribution in [1.82, 2.24) is 15.1 Å². The fraction of sp³-hybridized carbons (Fsp3) is 0.550. The van der Waals surface area contributed by atoms with Gasteiger partial charge in [0.05, 0.1) is 6.10 Å². The van der Waals surface area contributed by atoms with Gasteiger partial charge in [0, 0.05) is 31.8 Å². The Labute approximate surface area is 158 Å². The highest BCUT2D eigenvalue weighted by Crippen LogP contribution is 2.24. The van der Waals surface area contributed by atoms with Gasteiger partial charge in [-0.2, -0.15) is 0 Å². The molecule has 4 rings (SSSR count). The summed E-state index contributed by atoms with van der Waals surface area (Å²) in [4.78, 5) is 40.4. The first-order chi connectivity index (χ1) is 13.1. The van der Waals surface area contributed by atoms with E-state index in [0.717, 1.165) is 37.9 Å². The van der Waals surface area contributed by atoms with Crippen LogP contribution in [0.3, 0.4) is 0 Å². The third-order valence-corrected chi connectivity index (χ3v) is 5.60. The maximum absolute atomic E-state index is 12.6. The van der Waals surface area contributed by atoms with Crippen LogP contribution in [0.1, 0.15) is 41.6 Å². The fourth-order valence-corrected chi connectivity index (χ4v) is 4.09. The van der Waals surface area contributed by atoms with Crippen LogP contribution < -0.4 is 5.32 Å². The van der Waals surface area contributed by atoms with Gasteiger partial charge < -0.3 is 19.9 Å². The van der Waals surface area contributed by atoms with Crippen LogP contribution in [-0.4, -0.2) is 65.9 Å². The molecular weight excluding hydrogens is 346 g/mol. The minimum absolute atomic E-state index is 0.0298. The number of piperazine rings is 1. The van der Waals surface area contributed by atoms with Crippen molar-refractivity contribution in [3.63, 3.8) is 0 Å². The van der Waals surface area contributed by atoms with Crippen molar-refractivity contribution >= 4 is 17.7 Å². The Morgan fingerprint density at radius 1 is 1.15 bits per heavy atom. The van der Waals surface area contributed by atoms with E-state index in [1.807, 2.05) is 12.1 Å². The van der Waals surface area contributed by atoms with E-state index in [4.69, 9.17) is 4.74 Å². The Balaban J connectivity index is 1.34. The third kappa shape index (κ3) is 3.83. The van der Waals surface area contributed by atoms with Crippen LogP contribution in [0.5, 0.6) is 0 Å². The number of carbonyl (C=O) groups excluding carboxylic acids is 3. The molecule has 3 aliphatic heterocycles. The minimum atomic E-state index is -0.283. The average Bonchev–Trinajstić information content (AvgIpc) is 3.36. The van der Waals surface area contributed by atoms with Crippen LogP contribution in [-0.2, 0) is 20.9 Å². The average molecular weight is 371 g/mol. The molecule has 0 aromatic heterocycles. The van der Waals surface area contributed by atoms with Gasteiger partial charge in [-0.3, -0.25) is 14.4 Å². The summed E-state index contributed by atoms with van der Waals surface area (Å²) in [5.74, 6) is -0.0596. The second-order valence-electron chi connectivity index (χ2n) is 7.48. The number of fused-ring (bicyclic) bond motifs is 1. The van der Waals surface area contributed by atoms with Crippen molar-refractivity contribution in [2.75, 3.05) is 26.2 Å². The second kappa shape index (κ2) is 7.68. The first-order valence-corrected chi connectivity index (χ1v) is 9.69. The van der Waals surface area contributed by atoms with E-state index in [1.54, 1.807) is 21.9 Å². The van der Waals surface area contributed by atoms with E-state index in [0.29, 0.717) is 25.2 Å². The van der Waals surface area contributed by atoms with Crippen molar-refractivity contribution in [3.8, 4) is 0 Å². The molecule has 7 nitrogen and oxygen atoms in total. The number of rotatable bonds is 5. The van der Waals surface area contributed by atoms with Crippen molar-refractivity contribution < 1.29 is 19.1 Å². The molecule has 3 heterocycles. The van der Waals surface area contributed by atoms with E-state index in [2.05, 4.69) is 5.32 Å². The third-order valence-electron chi connectivity index (χ3n) is 5.60. The summed E-state index contributed by atoms with van der Waals surface area (Å²) < 4.78 is 5.51. The van der Waals surface area contributed by atoms with Crippen LogP contribution in [0.2, 0.25) is 0 Å². The Bertz CT molecular complexity index is 727. The lowest BCUT2D eigenvalue weighted by Crippen LogP contribution is -2.56. The molecule has 27 heavy (non-hydrogen) atoms. The number of ether oxygens (including phenoxy) is 1. The highest BCUT2D eigenvalue weighted by atomic mass is 16.5. The van der Waals surface area contributed by atoms with Gasteiger partial charge in [0.1, 0.15) is 12.6 Å². The Morgan fingerprint density at radius 2 is 1.96 bits per heavy atom. The molecule has 144 valence electrons. The van der Waals surface area contributed by atoms with E-state index in [1.165, 1.54) is 0 Å². The predicted molar refractivity (Wildman–Crippen MR) is 97.9 cm³/mol. The standard InChI is InChI=1S/C20H25N3O4/c24-18-13-22(20(26)17-4-1-9-23(17)18)12-14-5-7-15(8-6-14)19(25)21-11-16-3-2-10-27-16/h5-8,16-17H,1-4,9-13H2,(H,21,25)/t16-,17+/m0/s1. The SMILES string of the molecule is O=C(NC[C@@H]1CCCO1)c1ccc(CN2CC(=O)N3CCC[C@@H]3C2=O)cc1. The highest BCUT2D eigenvalue weighted by Gasteiger charge is 2.41. The van der Waals surface area contributed by atoms with Gasteiger partial charge in [-0.05, 0) is 43.4 Å². The summed E-state index contributed by atoms with van der Waals surface area (Å²) in [5.41, 5.74) is 1.50. The molecule has 0 unspecified atom stereocenters. The molecule has 0 saturated carbocycles. The lowest BCUT2D eigenvalue weighted by molar-refractivity contribution is -0.154. The molecule has 0 aliphatic carbocycles. The first-order valence-electron chi connectivity index (χ1n) is 9.69. The zero-order chi connectivity index (χ0) is 18.8. The van der Waals surface area contributed by atoms with Crippen molar-refractivity contribution in [2.24, 2.45) is 0 Å². The van der Waals surface area contributed by atoms with Crippen LogP contribution >= 0.6 is 0 Å². The summed E-state index contributed by atoms with van der Waals surface area (Å²) >= 11 is 0. The number of nitrogens with zero attached hydrogens (tertiary/aromatic N) is 2. The largest absolute Gasteiger partial charge is 0.376 e. The lowest BCUT2D eigenvalue weighted by Gasteiger charge is -2.36. The number of benzene rings is 1. The Morgan fingerprint density at radius 3 is 2.70 bits per heavy atom. The molecule has 0 radical (unpaired) electrons. The lowest BCUT2D eigenvalue weighted by atomic mass is 10.1.